The summed E-state index contributed by atoms with van der Waals surface area (Å²) >= 11 is 0. The number of likely N-dealkylation sites (N-methyl/N-ethyl adjacent to an activating group) is 1. The highest BCUT2D eigenvalue weighted by Gasteiger charge is 2.53. The minimum absolute atomic E-state index is 0.0460. The first-order chi connectivity index (χ1) is 19.4. The van der Waals surface area contributed by atoms with Crippen molar-refractivity contribution in [2.75, 3.05) is 31.7 Å². The summed E-state index contributed by atoms with van der Waals surface area (Å²) < 4.78 is 53.7. The predicted molar refractivity (Wildman–Crippen MR) is 142 cm³/mol. The molecule has 13 heteroatoms. The second kappa shape index (κ2) is 10.7. The molecule has 5 rings (SSSR count). The molecule has 1 aromatic heterocycles. The fraction of sp³-hybridized carbons (Fsp3) is 0.429. The lowest BCUT2D eigenvalue weighted by Crippen LogP contribution is -2.59. The number of halogens is 4. The molecular formula is C28H30F4N6O3. The molecule has 41 heavy (non-hydrogen) atoms. The fourth-order valence-corrected chi connectivity index (χ4v) is 5.77. The van der Waals surface area contributed by atoms with Crippen molar-refractivity contribution >= 4 is 34.3 Å². The lowest BCUT2D eigenvalue weighted by atomic mass is 9.85. The Labute approximate surface area is 233 Å². The Kier molecular flexibility index (Phi) is 7.39. The Morgan fingerprint density at radius 1 is 1.15 bits per heavy atom. The van der Waals surface area contributed by atoms with Gasteiger partial charge in [-0.25, -0.2) is 4.39 Å². The summed E-state index contributed by atoms with van der Waals surface area (Å²) in [7, 11) is 1.73. The number of H-pyrrole nitrogens is 1. The number of anilines is 1. The second-order valence-electron chi connectivity index (χ2n) is 10.6. The maximum Gasteiger partial charge on any atom is 0.416 e. The van der Waals surface area contributed by atoms with Crippen LogP contribution in [0.1, 0.15) is 48.5 Å². The summed E-state index contributed by atoms with van der Waals surface area (Å²) in [6.45, 7) is 2.64. The molecule has 0 radical (unpaired) electrons. The van der Waals surface area contributed by atoms with Crippen LogP contribution in [0.5, 0.6) is 0 Å². The standard InChI is InChI=1S/C28H30F4N6O3/c1-3-4-23(34-24(39)20-14-18(28(30,31)32)5-7-21(20)29)25(40)37-11-9-27(10-12-37)26(41)36(2)16-38(27)19-6-8-22-17(13-19)15-33-35-22/h5-8,13-15,23H,3-4,9-12,16H2,1-2H3,(H,33,35)(H,34,39)/t23-/m1/s1. The number of nitrogens with one attached hydrogen (secondary N) is 2. The molecule has 3 amide bonds. The Morgan fingerprint density at radius 2 is 1.88 bits per heavy atom. The van der Waals surface area contributed by atoms with E-state index in [-0.39, 0.29) is 25.4 Å². The molecule has 2 aliphatic heterocycles. The van der Waals surface area contributed by atoms with Crippen LogP contribution >= 0.6 is 0 Å². The van der Waals surface area contributed by atoms with Gasteiger partial charge in [-0.15, -0.1) is 0 Å². The van der Waals surface area contributed by atoms with E-state index in [1.165, 1.54) is 0 Å². The van der Waals surface area contributed by atoms with E-state index in [0.717, 1.165) is 16.6 Å². The maximum atomic E-state index is 14.3. The number of carbonyl (C=O) groups is 3. The summed E-state index contributed by atoms with van der Waals surface area (Å²) in [5.74, 6) is -2.68. The lowest BCUT2D eigenvalue weighted by molar-refractivity contribution is -0.139. The second-order valence-corrected chi connectivity index (χ2v) is 10.6. The third-order valence-corrected chi connectivity index (χ3v) is 7.97. The predicted octanol–water partition coefficient (Wildman–Crippen LogP) is 3.92. The van der Waals surface area contributed by atoms with E-state index in [0.29, 0.717) is 44.1 Å². The highest BCUT2D eigenvalue weighted by atomic mass is 19.4. The number of hydrogen-bond acceptors (Lipinski definition) is 5. The van der Waals surface area contributed by atoms with Gasteiger partial charge in [-0.1, -0.05) is 13.3 Å². The molecule has 2 N–H and O–H groups in total. The van der Waals surface area contributed by atoms with Crippen molar-refractivity contribution < 1.29 is 31.9 Å². The molecule has 0 saturated carbocycles. The lowest BCUT2D eigenvalue weighted by Gasteiger charge is -2.44. The molecular weight excluding hydrogens is 544 g/mol. The summed E-state index contributed by atoms with van der Waals surface area (Å²) in [5, 5.41) is 10.3. The molecule has 0 unspecified atom stereocenters. The van der Waals surface area contributed by atoms with Gasteiger partial charge in [0.2, 0.25) is 11.8 Å². The van der Waals surface area contributed by atoms with Crippen LogP contribution in [0.3, 0.4) is 0 Å². The van der Waals surface area contributed by atoms with E-state index in [2.05, 4.69) is 15.5 Å². The van der Waals surface area contributed by atoms with E-state index < -0.39 is 46.5 Å². The topological polar surface area (TPSA) is 102 Å². The van der Waals surface area contributed by atoms with Gasteiger partial charge in [-0.05, 0) is 55.7 Å². The number of aromatic nitrogens is 2. The van der Waals surface area contributed by atoms with Crippen molar-refractivity contribution in [3.8, 4) is 0 Å². The quantitative estimate of drug-likeness (QED) is 0.435. The van der Waals surface area contributed by atoms with Crippen LogP contribution < -0.4 is 10.2 Å². The number of likely N-dealkylation sites (tertiary alicyclic amines) is 1. The summed E-state index contributed by atoms with van der Waals surface area (Å²) in [5.41, 5.74) is -1.07. The minimum atomic E-state index is -4.75. The molecule has 2 aliphatic rings. The zero-order chi connectivity index (χ0) is 29.5. The number of amides is 3. The van der Waals surface area contributed by atoms with E-state index in [1.807, 2.05) is 23.1 Å². The summed E-state index contributed by atoms with van der Waals surface area (Å²) in [6, 6.07) is 6.32. The largest absolute Gasteiger partial charge is 0.416 e. The Morgan fingerprint density at radius 3 is 2.56 bits per heavy atom. The number of fused-ring (bicyclic) bond motifs is 1. The monoisotopic (exact) mass is 574 g/mol. The van der Waals surface area contributed by atoms with Gasteiger partial charge >= 0.3 is 6.18 Å². The number of piperidine rings is 1. The average Bonchev–Trinajstić information content (AvgIpc) is 3.50. The van der Waals surface area contributed by atoms with Crippen LogP contribution in [0.15, 0.2) is 42.6 Å². The summed E-state index contributed by atoms with van der Waals surface area (Å²) in [6.07, 6.45) is -1.64. The van der Waals surface area contributed by atoms with Crippen LogP contribution in [0.4, 0.5) is 23.2 Å². The van der Waals surface area contributed by atoms with Crippen molar-refractivity contribution in [2.45, 2.75) is 50.4 Å². The van der Waals surface area contributed by atoms with Crippen molar-refractivity contribution in [2.24, 2.45) is 0 Å². The molecule has 2 saturated heterocycles. The third kappa shape index (κ3) is 5.20. The van der Waals surface area contributed by atoms with Gasteiger partial charge in [-0.3, -0.25) is 19.5 Å². The molecule has 9 nitrogen and oxygen atoms in total. The number of nitrogens with zero attached hydrogens (tertiary/aromatic N) is 4. The molecule has 1 atom stereocenters. The SMILES string of the molecule is CCC[C@@H](NC(=O)c1cc(C(F)(F)F)ccc1F)C(=O)N1CCC2(CC1)C(=O)N(C)CN2c1ccc2[nH]ncc2c1. The molecule has 3 heterocycles. The normalized spacial score (nSPS) is 17.9. The number of hydrogen-bond donors (Lipinski definition) is 2. The van der Waals surface area contributed by atoms with Crippen LogP contribution in [0.25, 0.3) is 10.9 Å². The number of carbonyl (C=O) groups excluding carboxylic acids is 3. The van der Waals surface area contributed by atoms with E-state index >= 15 is 0 Å². The first kappa shape index (κ1) is 28.4. The van der Waals surface area contributed by atoms with Gasteiger partial charge in [0, 0.05) is 31.2 Å². The fourth-order valence-electron chi connectivity index (χ4n) is 5.77. The smallest absolute Gasteiger partial charge is 0.341 e. The Bertz CT molecular complexity index is 1480. The molecule has 2 fully saturated rings. The average molecular weight is 575 g/mol. The Balaban J connectivity index is 1.32. The third-order valence-electron chi connectivity index (χ3n) is 7.97. The highest BCUT2D eigenvalue weighted by molar-refractivity contribution is 5.98. The van der Waals surface area contributed by atoms with E-state index in [1.54, 1.807) is 30.0 Å². The molecule has 1 spiro atoms. The van der Waals surface area contributed by atoms with Crippen molar-refractivity contribution in [1.29, 1.82) is 0 Å². The molecule has 0 aliphatic carbocycles. The zero-order valence-corrected chi connectivity index (χ0v) is 22.6. The first-order valence-electron chi connectivity index (χ1n) is 13.4. The first-order valence-corrected chi connectivity index (χ1v) is 13.4. The van der Waals surface area contributed by atoms with E-state index in [4.69, 9.17) is 0 Å². The molecule has 218 valence electrons. The number of benzene rings is 2. The van der Waals surface area contributed by atoms with Crippen molar-refractivity contribution in [3.05, 3.63) is 59.5 Å². The molecule has 2 aromatic carbocycles. The van der Waals surface area contributed by atoms with Crippen LogP contribution in [-0.2, 0) is 15.8 Å². The molecule has 0 bridgehead atoms. The van der Waals surface area contributed by atoms with Gasteiger partial charge in [0.25, 0.3) is 5.91 Å². The van der Waals surface area contributed by atoms with Crippen LogP contribution in [0, 0.1) is 5.82 Å². The number of rotatable bonds is 6. The molecule has 3 aromatic rings. The van der Waals surface area contributed by atoms with Crippen LogP contribution in [0.2, 0.25) is 0 Å². The van der Waals surface area contributed by atoms with E-state index in [9.17, 15) is 31.9 Å². The van der Waals surface area contributed by atoms with Gasteiger partial charge in [0.1, 0.15) is 17.4 Å². The van der Waals surface area contributed by atoms with Crippen molar-refractivity contribution in [1.82, 2.24) is 25.3 Å². The van der Waals surface area contributed by atoms with Gasteiger partial charge in [-0.2, -0.15) is 18.3 Å². The number of aromatic amines is 1. The minimum Gasteiger partial charge on any atom is -0.341 e. The van der Waals surface area contributed by atoms with Crippen LogP contribution in [-0.4, -0.2) is 76.1 Å². The maximum absolute atomic E-state index is 14.3. The van der Waals surface area contributed by atoms with Gasteiger partial charge in [0.15, 0.2) is 0 Å². The number of alkyl halides is 3. The zero-order valence-electron chi connectivity index (χ0n) is 22.6. The van der Waals surface area contributed by atoms with Crippen molar-refractivity contribution in [3.63, 3.8) is 0 Å². The van der Waals surface area contributed by atoms with Gasteiger partial charge < -0.3 is 20.0 Å². The summed E-state index contributed by atoms with van der Waals surface area (Å²) in [4.78, 5) is 45.0. The highest BCUT2D eigenvalue weighted by Crippen LogP contribution is 2.40. The van der Waals surface area contributed by atoms with Gasteiger partial charge in [0.05, 0.1) is 29.5 Å². The Hall–Kier alpha value is -4.16.